The Balaban J connectivity index is 2.38. The number of benzene rings is 1. The third-order valence-corrected chi connectivity index (χ3v) is 4.86. The number of esters is 1. The van der Waals surface area contributed by atoms with Gasteiger partial charge in [0.15, 0.2) is 0 Å². The van der Waals surface area contributed by atoms with Crippen molar-refractivity contribution >= 4 is 39.3 Å². The molecule has 2 rings (SSSR count). The summed E-state index contributed by atoms with van der Waals surface area (Å²) in [4.78, 5) is 29.0. The molecule has 7 heteroatoms. The number of aromatic nitrogens is 1. The van der Waals surface area contributed by atoms with Crippen molar-refractivity contribution in [2.45, 2.75) is 52.1 Å². The minimum Gasteiger partial charge on any atom is -0.460 e. The molecule has 0 bridgehead atoms. The molecule has 2 aromatic rings. The van der Waals surface area contributed by atoms with Gasteiger partial charge in [-0.05, 0) is 72.8 Å². The van der Waals surface area contributed by atoms with Crippen molar-refractivity contribution in [1.82, 2.24) is 4.98 Å². The number of carbonyl (C=O) groups is 2. The fourth-order valence-corrected chi connectivity index (χ4v) is 3.26. The van der Waals surface area contributed by atoms with Crippen LogP contribution in [0.1, 0.15) is 68.1 Å². The van der Waals surface area contributed by atoms with Gasteiger partial charge in [-0.1, -0.05) is 24.6 Å². The second-order valence-corrected chi connectivity index (χ2v) is 8.73. The first-order chi connectivity index (χ1) is 13.0. The highest BCUT2D eigenvalue weighted by atomic mass is 79.9. The van der Waals surface area contributed by atoms with Crippen molar-refractivity contribution in [1.29, 1.82) is 0 Å². The SMILES string of the molecule is CC[C@@H](CC(=O)OC(C)(C)C)c1ccc(Cl)c(C(=O)c2ccc(Br)cn2)c1F. The highest BCUT2D eigenvalue weighted by Gasteiger charge is 2.27. The van der Waals surface area contributed by atoms with Crippen LogP contribution >= 0.6 is 27.5 Å². The van der Waals surface area contributed by atoms with E-state index in [4.69, 9.17) is 16.3 Å². The number of pyridine rings is 1. The van der Waals surface area contributed by atoms with Crippen molar-refractivity contribution in [3.63, 3.8) is 0 Å². The predicted octanol–water partition coefficient (Wildman–Crippen LogP) is 6.09. The van der Waals surface area contributed by atoms with Gasteiger partial charge >= 0.3 is 5.97 Å². The second-order valence-electron chi connectivity index (χ2n) is 7.41. The van der Waals surface area contributed by atoms with Crippen LogP contribution in [0.15, 0.2) is 34.9 Å². The lowest BCUT2D eigenvalue weighted by Crippen LogP contribution is -2.25. The molecule has 0 saturated carbocycles. The van der Waals surface area contributed by atoms with E-state index in [0.717, 1.165) is 0 Å². The van der Waals surface area contributed by atoms with E-state index in [1.807, 2.05) is 6.92 Å². The summed E-state index contributed by atoms with van der Waals surface area (Å²) in [7, 11) is 0. The molecule has 0 amide bonds. The number of ether oxygens (including phenoxy) is 1. The Morgan fingerprint density at radius 2 is 1.93 bits per heavy atom. The van der Waals surface area contributed by atoms with Gasteiger partial charge < -0.3 is 4.74 Å². The molecule has 150 valence electrons. The molecule has 0 radical (unpaired) electrons. The maximum absolute atomic E-state index is 15.3. The molecule has 0 aliphatic heterocycles. The summed E-state index contributed by atoms with van der Waals surface area (Å²) in [6, 6.07) is 6.13. The van der Waals surface area contributed by atoms with E-state index in [-0.39, 0.29) is 28.3 Å². The summed E-state index contributed by atoms with van der Waals surface area (Å²) < 4.78 is 21.3. The van der Waals surface area contributed by atoms with Gasteiger partial charge in [0.05, 0.1) is 17.0 Å². The molecule has 1 atom stereocenters. The Kier molecular flexibility index (Phi) is 7.34. The maximum atomic E-state index is 15.3. The average Bonchev–Trinajstić information content (AvgIpc) is 2.59. The van der Waals surface area contributed by atoms with E-state index in [1.54, 1.807) is 26.8 Å². The summed E-state index contributed by atoms with van der Waals surface area (Å²) in [6.45, 7) is 7.17. The Bertz CT molecular complexity index is 878. The van der Waals surface area contributed by atoms with Crippen molar-refractivity contribution < 1.29 is 18.7 Å². The number of ketones is 1. The van der Waals surface area contributed by atoms with Crippen molar-refractivity contribution in [3.05, 3.63) is 62.6 Å². The zero-order valence-corrected chi connectivity index (χ0v) is 18.5. The largest absolute Gasteiger partial charge is 0.460 e. The van der Waals surface area contributed by atoms with Crippen LogP contribution in [0.4, 0.5) is 4.39 Å². The third kappa shape index (κ3) is 5.61. The second kappa shape index (κ2) is 9.14. The summed E-state index contributed by atoms with van der Waals surface area (Å²) in [5, 5.41) is 0.00286. The van der Waals surface area contributed by atoms with E-state index >= 15 is 4.39 Å². The van der Waals surface area contributed by atoms with Crippen LogP contribution in [0.25, 0.3) is 0 Å². The number of carbonyl (C=O) groups excluding carboxylic acids is 2. The van der Waals surface area contributed by atoms with Crippen LogP contribution in [-0.2, 0) is 9.53 Å². The van der Waals surface area contributed by atoms with Gasteiger partial charge in [0, 0.05) is 10.7 Å². The molecule has 0 saturated heterocycles. The molecule has 0 fully saturated rings. The summed E-state index contributed by atoms with van der Waals surface area (Å²) in [5.41, 5.74) is -0.515. The van der Waals surface area contributed by atoms with Gasteiger partial charge in [0.1, 0.15) is 17.1 Å². The van der Waals surface area contributed by atoms with Crippen LogP contribution in [0, 0.1) is 5.82 Å². The molecule has 0 N–H and O–H groups in total. The molecule has 28 heavy (non-hydrogen) atoms. The van der Waals surface area contributed by atoms with Gasteiger partial charge in [0.2, 0.25) is 5.78 Å². The first kappa shape index (κ1) is 22.5. The normalized spacial score (nSPS) is 12.5. The first-order valence-corrected chi connectivity index (χ1v) is 10.1. The lowest BCUT2D eigenvalue weighted by molar-refractivity contribution is -0.155. The highest BCUT2D eigenvalue weighted by Crippen LogP contribution is 2.32. The Morgan fingerprint density at radius 3 is 2.46 bits per heavy atom. The van der Waals surface area contributed by atoms with Gasteiger partial charge in [-0.3, -0.25) is 14.6 Å². The predicted molar refractivity (Wildman–Crippen MR) is 110 cm³/mol. The molecule has 1 aromatic carbocycles. The summed E-state index contributed by atoms with van der Waals surface area (Å²) in [5.74, 6) is -2.19. The molecular weight excluding hydrogens is 449 g/mol. The van der Waals surface area contributed by atoms with Crippen molar-refractivity contribution in [2.75, 3.05) is 0 Å². The molecule has 0 aliphatic carbocycles. The highest BCUT2D eigenvalue weighted by molar-refractivity contribution is 9.10. The van der Waals surface area contributed by atoms with Crippen molar-refractivity contribution in [3.8, 4) is 0 Å². The van der Waals surface area contributed by atoms with Gasteiger partial charge in [-0.25, -0.2) is 4.39 Å². The molecule has 1 heterocycles. The van der Waals surface area contributed by atoms with Gasteiger partial charge in [-0.2, -0.15) is 0 Å². The molecule has 4 nitrogen and oxygen atoms in total. The summed E-state index contributed by atoms with van der Waals surface area (Å²) >= 11 is 9.37. The number of hydrogen-bond donors (Lipinski definition) is 0. The Hall–Kier alpha value is -1.79. The van der Waals surface area contributed by atoms with E-state index in [2.05, 4.69) is 20.9 Å². The lowest BCUT2D eigenvalue weighted by Gasteiger charge is -2.22. The number of halogens is 3. The average molecular weight is 471 g/mol. The van der Waals surface area contributed by atoms with Crippen LogP contribution < -0.4 is 0 Å². The lowest BCUT2D eigenvalue weighted by atomic mass is 9.90. The van der Waals surface area contributed by atoms with E-state index in [9.17, 15) is 9.59 Å². The molecule has 0 aliphatic rings. The van der Waals surface area contributed by atoms with Crippen LogP contribution in [0.5, 0.6) is 0 Å². The minimum absolute atomic E-state index is 0.00286. The smallest absolute Gasteiger partial charge is 0.306 e. The minimum atomic E-state index is -0.724. The van der Waals surface area contributed by atoms with Crippen LogP contribution in [0.3, 0.4) is 0 Å². The third-order valence-electron chi connectivity index (χ3n) is 4.07. The van der Waals surface area contributed by atoms with E-state index < -0.39 is 29.1 Å². The van der Waals surface area contributed by atoms with Crippen LogP contribution in [0.2, 0.25) is 5.02 Å². The fraction of sp³-hybridized carbons (Fsp3) is 0.381. The van der Waals surface area contributed by atoms with Gasteiger partial charge in [0.25, 0.3) is 0 Å². The van der Waals surface area contributed by atoms with E-state index in [1.165, 1.54) is 24.4 Å². The van der Waals surface area contributed by atoms with Crippen molar-refractivity contribution in [2.24, 2.45) is 0 Å². The monoisotopic (exact) mass is 469 g/mol. The molecule has 0 unspecified atom stereocenters. The Labute approximate surface area is 177 Å². The quantitative estimate of drug-likeness (QED) is 0.378. The first-order valence-electron chi connectivity index (χ1n) is 8.89. The zero-order chi connectivity index (χ0) is 21.1. The topological polar surface area (TPSA) is 56.3 Å². The summed E-state index contributed by atoms with van der Waals surface area (Å²) in [6.07, 6.45) is 1.97. The number of hydrogen-bond acceptors (Lipinski definition) is 4. The number of rotatable bonds is 6. The zero-order valence-electron chi connectivity index (χ0n) is 16.2. The van der Waals surface area contributed by atoms with E-state index in [0.29, 0.717) is 10.9 Å². The van der Waals surface area contributed by atoms with Gasteiger partial charge in [-0.15, -0.1) is 0 Å². The van der Waals surface area contributed by atoms with Crippen LogP contribution in [-0.4, -0.2) is 22.3 Å². The number of nitrogens with zero attached hydrogens (tertiary/aromatic N) is 1. The fourth-order valence-electron chi connectivity index (χ4n) is 2.79. The Morgan fingerprint density at radius 1 is 1.25 bits per heavy atom. The molecule has 0 spiro atoms. The molecule has 1 aromatic heterocycles. The maximum Gasteiger partial charge on any atom is 0.306 e. The standard InChI is InChI=1S/C21H22BrClFNO3/c1-5-12(10-17(26)28-21(2,3)4)14-7-8-15(23)18(19(14)24)20(27)16-9-6-13(22)11-25-16/h6-9,11-12H,5,10H2,1-4H3/t12-/m0/s1. The molecular formula is C21H22BrClFNO3.